The van der Waals surface area contributed by atoms with Crippen LogP contribution < -0.4 is 0 Å². The fraction of sp³-hybridized carbons (Fsp3) is 0.692. The Morgan fingerprint density at radius 2 is 2.17 bits per heavy atom. The Morgan fingerprint density at radius 3 is 2.67 bits per heavy atom. The van der Waals surface area contributed by atoms with E-state index in [0.29, 0.717) is 23.3 Å². The Bertz CT molecular complexity index is 493. The van der Waals surface area contributed by atoms with Crippen LogP contribution in [0.2, 0.25) is 0 Å². The second-order valence-corrected chi connectivity index (χ2v) is 8.79. The molecule has 1 saturated heterocycles. The van der Waals surface area contributed by atoms with Gasteiger partial charge in [0.2, 0.25) is 0 Å². The van der Waals surface area contributed by atoms with Gasteiger partial charge in [-0.05, 0) is 43.2 Å². The summed E-state index contributed by atoms with van der Waals surface area (Å²) in [5.74, 6) is 1.78. The number of alkyl halides is 1. The van der Waals surface area contributed by atoms with E-state index >= 15 is 0 Å². The molecule has 1 aliphatic heterocycles. The third kappa shape index (κ3) is 3.49. The summed E-state index contributed by atoms with van der Waals surface area (Å²) in [6.45, 7) is 2.15. The van der Waals surface area contributed by atoms with Crippen LogP contribution >= 0.6 is 22.9 Å². The van der Waals surface area contributed by atoms with Crippen molar-refractivity contribution in [1.29, 1.82) is 0 Å². The third-order valence-electron chi connectivity index (χ3n) is 3.66. The minimum Gasteiger partial charge on any atom is -0.229 e. The van der Waals surface area contributed by atoms with Crippen molar-refractivity contribution < 1.29 is 8.42 Å². The Hall–Kier alpha value is -0.0600. The van der Waals surface area contributed by atoms with Crippen LogP contribution in [0, 0.1) is 11.8 Å². The summed E-state index contributed by atoms with van der Waals surface area (Å²) in [5.41, 5.74) is 0. The van der Waals surface area contributed by atoms with Gasteiger partial charge in [-0.15, -0.1) is 22.9 Å². The molecule has 102 valence electrons. The molecule has 2 unspecified atom stereocenters. The van der Waals surface area contributed by atoms with Gasteiger partial charge in [-0.3, -0.25) is 0 Å². The molecular formula is C13H19ClO2S2. The van der Waals surface area contributed by atoms with Crippen molar-refractivity contribution in [1.82, 2.24) is 0 Å². The maximum absolute atomic E-state index is 11.5. The summed E-state index contributed by atoms with van der Waals surface area (Å²) >= 11 is 7.87. The summed E-state index contributed by atoms with van der Waals surface area (Å²) in [4.78, 5) is 2.72. The Morgan fingerprint density at radius 1 is 1.44 bits per heavy atom. The Balaban J connectivity index is 2.01. The zero-order valence-corrected chi connectivity index (χ0v) is 13.0. The number of hydrogen-bond acceptors (Lipinski definition) is 3. The van der Waals surface area contributed by atoms with E-state index in [2.05, 4.69) is 19.1 Å². The molecule has 2 atom stereocenters. The van der Waals surface area contributed by atoms with Gasteiger partial charge < -0.3 is 0 Å². The molecule has 18 heavy (non-hydrogen) atoms. The fourth-order valence-corrected chi connectivity index (χ4v) is 5.85. The van der Waals surface area contributed by atoms with Gasteiger partial charge in [-0.25, -0.2) is 8.42 Å². The van der Waals surface area contributed by atoms with Gasteiger partial charge in [-0.2, -0.15) is 0 Å². The van der Waals surface area contributed by atoms with E-state index in [1.807, 2.05) is 11.3 Å². The van der Waals surface area contributed by atoms with E-state index in [0.717, 1.165) is 19.3 Å². The molecule has 1 aromatic heterocycles. The van der Waals surface area contributed by atoms with Gasteiger partial charge in [0, 0.05) is 15.6 Å². The van der Waals surface area contributed by atoms with Crippen LogP contribution in [-0.2, 0) is 22.7 Å². The van der Waals surface area contributed by atoms with E-state index in [9.17, 15) is 8.42 Å². The van der Waals surface area contributed by atoms with Crippen LogP contribution in [0.3, 0.4) is 0 Å². The maximum Gasteiger partial charge on any atom is 0.150 e. The zero-order valence-electron chi connectivity index (χ0n) is 10.6. The lowest BCUT2D eigenvalue weighted by Gasteiger charge is -2.19. The topological polar surface area (TPSA) is 34.1 Å². The largest absolute Gasteiger partial charge is 0.229 e. The van der Waals surface area contributed by atoms with Crippen LogP contribution in [0.1, 0.15) is 23.1 Å². The first-order valence-corrected chi connectivity index (χ1v) is 9.55. The summed E-state index contributed by atoms with van der Waals surface area (Å²) in [7, 11) is -2.80. The Labute approximate surface area is 118 Å². The van der Waals surface area contributed by atoms with Crippen molar-refractivity contribution in [2.75, 3.05) is 17.4 Å². The number of rotatable bonds is 5. The van der Waals surface area contributed by atoms with Crippen LogP contribution in [-0.4, -0.2) is 25.8 Å². The molecule has 2 heterocycles. The molecule has 1 aliphatic rings. The van der Waals surface area contributed by atoms with Gasteiger partial charge in [0.05, 0.1) is 11.5 Å². The molecular weight excluding hydrogens is 288 g/mol. The first-order chi connectivity index (χ1) is 8.54. The van der Waals surface area contributed by atoms with Crippen LogP contribution in [0.25, 0.3) is 0 Å². The van der Waals surface area contributed by atoms with Crippen molar-refractivity contribution in [2.45, 2.75) is 26.2 Å². The maximum atomic E-state index is 11.5. The van der Waals surface area contributed by atoms with Crippen molar-refractivity contribution >= 4 is 32.8 Å². The van der Waals surface area contributed by atoms with Crippen LogP contribution in [0.15, 0.2) is 12.1 Å². The van der Waals surface area contributed by atoms with Crippen LogP contribution in [0.4, 0.5) is 0 Å². The highest BCUT2D eigenvalue weighted by Crippen LogP contribution is 2.31. The van der Waals surface area contributed by atoms with Crippen LogP contribution in [0.5, 0.6) is 0 Å². The average molecular weight is 307 g/mol. The predicted octanol–water partition coefficient (Wildman–Crippen LogP) is 3.14. The molecule has 0 aliphatic carbocycles. The van der Waals surface area contributed by atoms with E-state index in [1.165, 1.54) is 9.75 Å². The molecule has 0 aromatic carbocycles. The van der Waals surface area contributed by atoms with Crippen molar-refractivity contribution in [3.63, 3.8) is 0 Å². The first-order valence-electron chi connectivity index (χ1n) is 6.38. The summed E-state index contributed by atoms with van der Waals surface area (Å²) in [5, 5.41) is 0. The van der Waals surface area contributed by atoms with Gasteiger partial charge in [0.25, 0.3) is 0 Å². The van der Waals surface area contributed by atoms with E-state index < -0.39 is 9.84 Å². The Kier molecular flexibility index (Phi) is 4.73. The molecule has 0 N–H and O–H groups in total. The zero-order chi connectivity index (χ0) is 13.2. The number of sulfone groups is 1. The number of thiophene rings is 1. The summed E-state index contributed by atoms with van der Waals surface area (Å²) in [6, 6.07) is 4.32. The van der Waals surface area contributed by atoms with Gasteiger partial charge >= 0.3 is 0 Å². The first kappa shape index (κ1) is 14.4. The van der Waals surface area contributed by atoms with Gasteiger partial charge in [0.15, 0.2) is 9.84 Å². The van der Waals surface area contributed by atoms with E-state index in [-0.39, 0.29) is 5.92 Å². The molecule has 1 fully saturated rings. The molecule has 0 bridgehead atoms. The minimum atomic E-state index is -2.80. The van der Waals surface area contributed by atoms with Crippen molar-refractivity contribution in [2.24, 2.45) is 11.8 Å². The molecule has 1 aromatic rings. The van der Waals surface area contributed by atoms with E-state index in [1.54, 1.807) is 0 Å². The predicted molar refractivity (Wildman–Crippen MR) is 78.4 cm³/mol. The molecule has 2 nitrogen and oxygen atoms in total. The second kappa shape index (κ2) is 5.93. The highest BCUT2D eigenvalue weighted by molar-refractivity contribution is 7.91. The average Bonchev–Trinajstić information content (AvgIpc) is 2.92. The summed E-state index contributed by atoms with van der Waals surface area (Å²) < 4.78 is 23.0. The lowest BCUT2D eigenvalue weighted by molar-refractivity contribution is 0.400. The van der Waals surface area contributed by atoms with E-state index in [4.69, 9.17) is 11.6 Å². The lowest BCUT2D eigenvalue weighted by Crippen LogP contribution is -2.19. The molecule has 0 amide bonds. The SMILES string of the molecule is CCc1ccc(CC(CCl)C2CCS(=O)(=O)C2)s1. The monoisotopic (exact) mass is 306 g/mol. The molecule has 5 heteroatoms. The summed E-state index contributed by atoms with van der Waals surface area (Å²) in [6.07, 6.45) is 2.77. The smallest absolute Gasteiger partial charge is 0.150 e. The standard InChI is InChI=1S/C13H19ClO2S2/c1-2-12-3-4-13(17-12)7-11(8-14)10-5-6-18(15,16)9-10/h3-4,10-11H,2,5-9H2,1H3. The number of hydrogen-bond donors (Lipinski definition) is 0. The molecule has 0 radical (unpaired) electrons. The number of halogens is 1. The van der Waals surface area contributed by atoms with Gasteiger partial charge in [0.1, 0.15) is 0 Å². The molecule has 2 rings (SSSR count). The van der Waals surface area contributed by atoms with Gasteiger partial charge in [-0.1, -0.05) is 6.92 Å². The minimum absolute atomic E-state index is 0.250. The quantitative estimate of drug-likeness (QED) is 0.783. The van der Waals surface area contributed by atoms with Crippen molar-refractivity contribution in [3.8, 4) is 0 Å². The lowest BCUT2D eigenvalue weighted by atomic mass is 9.90. The number of aryl methyl sites for hydroxylation is 1. The second-order valence-electron chi connectivity index (χ2n) is 5.00. The third-order valence-corrected chi connectivity index (χ3v) is 7.10. The molecule has 0 saturated carbocycles. The highest BCUT2D eigenvalue weighted by Gasteiger charge is 2.33. The fourth-order valence-electron chi connectivity index (χ4n) is 2.52. The molecule has 0 spiro atoms. The van der Waals surface area contributed by atoms with Crippen molar-refractivity contribution in [3.05, 3.63) is 21.9 Å². The highest BCUT2D eigenvalue weighted by atomic mass is 35.5. The normalized spacial score (nSPS) is 24.2.